The highest BCUT2D eigenvalue weighted by molar-refractivity contribution is 5.64. The number of benzene rings is 3. The zero-order chi connectivity index (χ0) is 32.6. The summed E-state index contributed by atoms with van der Waals surface area (Å²) in [5.41, 5.74) is 0.681. The topological polar surface area (TPSA) is 84.8 Å². The van der Waals surface area contributed by atoms with Crippen molar-refractivity contribution in [3.63, 3.8) is 0 Å². The Hall–Kier alpha value is -4.33. The molecule has 2 atom stereocenters. The van der Waals surface area contributed by atoms with Crippen LogP contribution >= 0.6 is 0 Å². The second-order valence-electron chi connectivity index (χ2n) is 11.3. The summed E-state index contributed by atoms with van der Waals surface area (Å²) < 4.78 is 31.1. The van der Waals surface area contributed by atoms with Crippen LogP contribution in [0.25, 0.3) is 11.4 Å². The van der Waals surface area contributed by atoms with E-state index in [1.165, 1.54) is 25.7 Å². The van der Waals surface area contributed by atoms with Crippen LogP contribution in [0, 0.1) is 0 Å². The van der Waals surface area contributed by atoms with Crippen molar-refractivity contribution in [2.45, 2.75) is 104 Å². The molecular formula is C38H49N3O5. The average Bonchev–Trinajstić information content (AvgIpc) is 3.09. The molecule has 0 fully saturated rings. The van der Waals surface area contributed by atoms with Crippen LogP contribution in [0.2, 0.25) is 0 Å². The fraction of sp³-hybridized carbons (Fsp3) is 0.447. The van der Waals surface area contributed by atoms with Gasteiger partial charge in [-0.2, -0.15) is 9.97 Å². The fourth-order valence-corrected chi connectivity index (χ4v) is 5.14. The van der Waals surface area contributed by atoms with Crippen molar-refractivity contribution in [1.82, 2.24) is 15.0 Å². The van der Waals surface area contributed by atoms with Gasteiger partial charge in [0, 0.05) is 0 Å². The van der Waals surface area contributed by atoms with Crippen LogP contribution in [0.3, 0.4) is 0 Å². The first-order valence-electron chi connectivity index (χ1n) is 16.8. The van der Waals surface area contributed by atoms with Gasteiger partial charge in [0.15, 0.2) is 28.8 Å². The molecule has 4 aromatic rings. The first kappa shape index (κ1) is 34.5. The van der Waals surface area contributed by atoms with E-state index in [4.69, 9.17) is 23.7 Å². The molecule has 2 unspecified atom stereocenters. The number of hydrogen-bond acceptors (Lipinski definition) is 8. The molecule has 1 heterocycles. The standard InChI is InChI=1S/C38H49N3O5/c1-6-10-12-20-28(8-3)43-32-24-16-18-26-34(32)45-37-39-36(30-22-14-15-23-31(30)42-5)40-38(41-37)46-35-27-19-17-25-33(35)44-29(9-4)21-13-11-7-2/h14-19,22-29H,6-13,20-21H2,1-5H3. The number of methoxy groups -OCH3 is 1. The lowest BCUT2D eigenvalue weighted by atomic mass is 10.1. The minimum absolute atomic E-state index is 0.0744. The maximum Gasteiger partial charge on any atom is 0.328 e. The number of para-hydroxylation sites is 5. The van der Waals surface area contributed by atoms with Gasteiger partial charge < -0.3 is 23.7 Å². The van der Waals surface area contributed by atoms with Crippen LogP contribution in [0.1, 0.15) is 91.9 Å². The van der Waals surface area contributed by atoms with E-state index in [2.05, 4.69) is 42.6 Å². The van der Waals surface area contributed by atoms with E-state index in [-0.39, 0.29) is 24.2 Å². The van der Waals surface area contributed by atoms with Gasteiger partial charge >= 0.3 is 12.0 Å². The molecule has 4 rings (SSSR count). The zero-order valence-corrected chi connectivity index (χ0v) is 28.0. The lowest BCUT2D eigenvalue weighted by molar-refractivity contribution is 0.176. The van der Waals surface area contributed by atoms with E-state index in [0.717, 1.165) is 38.5 Å². The molecule has 0 spiro atoms. The van der Waals surface area contributed by atoms with Gasteiger partial charge in [-0.3, -0.25) is 0 Å². The molecule has 0 aliphatic heterocycles. The second-order valence-corrected chi connectivity index (χ2v) is 11.3. The highest BCUT2D eigenvalue weighted by Crippen LogP contribution is 2.36. The minimum Gasteiger partial charge on any atom is -0.496 e. The normalized spacial score (nSPS) is 12.3. The predicted octanol–water partition coefficient (Wildman–Crippen LogP) is 10.6. The summed E-state index contributed by atoms with van der Waals surface area (Å²) in [5, 5.41) is 0. The first-order chi connectivity index (χ1) is 22.6. The SMILES string of the molecule is CCCCCC(CC)Oc1ccccc1Oc1nc(Oc2ccccc2OC(CC)CCCCC)nc(-c2ccccc2OC)n1. The summed E-state index contributed by atoms with van der Waals surface area (Å²) in [7, 11) is 1.62. The van der Waals surface area contributed by atoms with Crippen LogP contribution in [0.15, 0.2) is 72.8 Å². The van der Waals surface area contributed by atoms with Crippen molar-refractivity contribution in [1.29, 1.82) is 0 Å². The van der Waals surface area contributed by atoms with Crippen LogP contribution in [-0.2, 0) is 0 Å². The minimum atomic E-state index is 0.0744. The lowest BCUT2D eigenvalue weighted by Crippen LogP contribution is -2.16. The van der Waals surface area contributed by atoms with E-state index in [1.807, 2.05) is 72.8 Å². The number of rotatable bonds is 20. The highest BCUT2D eigenvalue weighted by Gasteiger charge is 2.20. The summed E-state index contributed by atoms with van der Waals surface area (Å²) in [4.78, 5) is 14.0. The van der Waals surface area contributed by atoms with Crippen molar-refractivity contribution in [2.75, 3.05) is 7.11 Å². The third-order valence-electron chi connectivity index (χ3n) is 7.80. The number of aromatic nitrogens is 3. The highest BCUT2D eigenvalue weighted by atomic mass is 16.5. The summed E-state index contributed by atoms with van der Waals surface area (Å²) >= 11 is 0. The molecule has 8 heteroatoms. The second kappa shape index (κ2) is 18.6. The van der Waals surface area contributed by atoms with Crippen LogP contribution in [0.5, 0.6) is 40.8 Å². The van der Waals surface area contributed by atoms with Crippen molar-refractivity contribution in [3.8, 4) is 52.2 Å². The first-order valence-corrected chi connectivity index (χ1v) is 16.8. The van der Waals surface area contributed by atoms with Gasteiger partial charge in [0.25, 0.3) is 0 Å². The average molecular weight is 628 g/mol. The van der Waals surface area contributed by atoms with E-state index in [1.54, 1.807) is 7.11 Å². The van der Waals surface area contributed by atoms with Gasteiger partial charge in [-0.25, -0.2) is 0 Å². The van der Waals surface area contributed by atoms with Crippen LogP contribution < -0.4 is 23.7 Å². The summed E-state index contributed by atoms with van der Waals surface area (Å²) in [5.74, 6) is 3.28. The van der Waals surface area contributed by atoms with Gasteiger partial charge in [-0.1, -0.05) is 89.8 Å². The molecule has 8 nitrogen and oxygen atoms in total. The van der Waals surface area contributed by atoms with Crippen molar-refractivity contribution >= 4 is 0 Å². The van der Waals surface area contributed by atoms with Crippen molar-refractivity contribution in [2.24, 2.45) is 0 Å². The Balaban J connectivity index is 1.67. The largest absolute Gasteiger partial charge is 0.496 e. The molecule has 0 radical (unpaired) electrons. The molecule has 0 saturated heterocycles. The number of ether oxygens (including phenoxy) is 5. The number of nitrogens with zero attached hydrogens (tertiary/aromatic N) is 3. The third-order valence-corrected chi connectivity index (χ3v) is 7.80. The van der Waals surface area contributed by atoms with E-state index >= 15 is 0 Å². The van der Waals surface area contributed by atoms with E-state index in [9.17, 15) is 0 Å². The fourth-order valence-electron chi connectivity index (χ4n) is 5.14. The molecule has 0 N–H and O–H groups in total. The molecule has 1 aromatic heterocycles. The molecule has 0 saturated carbocycles. The molecule has 0 bridgehead atoms. The molecule has 0 amide bonds. The molecule has 246 valence electrons. The molecule has 0 aliphatic carbocycles. The molecular weight excluding hydrogens is 578 g/mol. The Morgan fingerprint density at radius 3 is 1.39 bits per heavy atom. The van der Waals surface area contributed by atoms with Gasteiger partial charge in [0.05, 0.1) is 24.9 Å². The number of unbranched alkanes of at least 4 members (excludes halogenated alkanes) is 4. The Labute approximate surface area is 274 Å². The zero-order valence-electron chi connectivity index (χ0n) is 28.0. The quantitative estimate of drug-likeness (QED) is 0.0895. The Kier molecular flexibility index (Phi) is 14.0. The Bertz CT molecular complexity index is 1400. The van der Waals surface area contributed by atoms with E-state index < -0.39 is 0 Å². The van der Waals surface area contributed by atoms with Crippen molar-refractivity contribution in [3.05, 3.63) is 72.8 Å². The number of hydrogen-bond donors (Lipinski definition) is 0. The van der Waals surface area contributed by atoms with Gasteiger partial charge in [-0.15, -0.1) is 4.98 Å². The van der Waals surface area contributed by atoms with E-state index in [0.29, 0.717) is 40.1 Å². The smallest absolute Gasteiger partial charge is 0.328 e. The molecule has 46 heavy (non-hydrogen) atoms. The van der Waals surface area contributed by atoms with Gasteiger partial charge in [-0.05, 0) is 74.9 Å². The van der Waals surface area contributed by atoms with Crippen LogP contribution in [-0.4, -0.2) is 34.3 Å². The lowest BCUT2D eigenvalue weighted by Gasteiger charge is -2.20. The summed E-state index contributed by atoms with van der Waals surface area (Å²) in [6.07, 6.45) is 10.9. The Morgan fingerprint density at radius 1 is 0.522 bits per heavy atom. The summed E-state index contributed by atoms with van der Waals surface area (Å²) in [6.45, 7) is 8.70. The van der Waals surface area contributed by atoms with Crippen molar-refractivity contribution < 1.29 is 23.7 Å². The van der Waals surface area contributed by atoms with Gasteiger partial charge in [0.1, 0.15) is 5.75 Å². The predicted molar refractivity (Wildman–Crippen MR) is 183 cm³/mol. The maximum atomic E-state index is 6.43. The Morgan fingerprint density at radius 2 is 0.957 bits per heavy atom. The van der Waals surface area contributed by atoms with Crippen LogP contribution in [0.4, 0.5) is 0 Å². The third kappa shape index (κ3) is 10.1. The monoisotopic (exact) mass is 627 g/mol. The van der Waals surface area contributed by atoms with Gasteiger partial charge in [0.2, 0.25) is 0 Å². The maximum absolute atomic E-state index is 6.43. The summed E-state index contributed by atoms with van der Waals surface area (Å²) in [6, 6.07) is 22.9. The molecule has 0 aliphatic rings. The molecule has 3 aromatic carbocycles.